The van der Waals surface area contributed by atoms with Crippen LogP contribution in [-0.2, 0) is 0 Å². The van der Waals surface area contributed by atoms with Crippen LogP contribution in [0.2, 0.25) is 0 Å². The van der Waals surface area contributed by atoms with E-state index in [0.29, 0.717) is 5.56 Å². The van der Waals surface area contributed by atoms with Crippen LogP contribution in [0, 0.1) is 25.2 Å². The molecule has 0 amide bonds. The molecule has 2 rings (SSSR count). The number of ether oxygens (including phenoxy) is 1. The van der Waals surface area contributed by atoms with E-state index in [-0.39, 0.29) is 6.10 Å². The van der Waals surface area contributed by atoms with Crippen LogP contribution >= 0.6 is 0 Å². The van der Waals surface area contributed by atoms with Gasteiger partial charge in [-0.1, -0.05) is 12.1 Å². The summed E-state index contributed by atoms with van der Waals surface area (Å²) in [6.45, 7) is 5.90. The minimum atomic E-state index is -0.0937. The van der Waals surface area contributed by atoms with Crippen LogP contribution < -0.4 is 10.5 Å². The average Bonchev–Trinajstić information content (AvgIpc) is 2.42. The summed E-state index contributed by atoms with van der Waals surface area (Å²) >= 11 is 0. The molecule has 1 atom stereocenters. The number of aryl methyl sites for hydroxylation is 2. The van der Waals surface area contributed by atoms with Crippen molar-refractivity contribution in [3.63, 3.8) is 0 Å². The van der Waals surface area contributed by atoms with Gasteiger partial charge in [0.2, 0.25) is 0 Å². The Morgan fingerprint density at radius 3 is 2.35 bits per heavy atom. The van der Waals surface area contributed by atoms with E-state index in [4.69, 9.17) is 15.7 Å². The fourth-order valence-corrected chi connectivity index (χ4v) is 2.26. The van der Waals surface area contributed by atoms with Gasteiger partial charge in [0.1, 0.15) is 11.9 Å². The van der Waals surface area contributed by atoms with Gasteiger partial charge in [0.05, 0.1) is 11.6 Å². The topological polar surface area (TPSA) is 59.0 Å². The summed E-state index contributed by atoms with van der Waals surface area (Å²) < 4.78 is 6.05. The van der Waals surface area contributed by atoms with Gasteiger partial charge < -0.3 is 10.5 Å². The van der Waals surface area contributed by atoms with Crippen LogP contribution in [-0.4, -0.2) is 0 Å². The minimum absolute atomic E-state index is 0.0937. The second-order valence-corrected chi connectivity index (χ2v) is 4.98. The third-order valence-electron chi connectivity index (χ3n) is 3.26. The number of nitrogens with two attached hydrogens (primary N) is 1. The van der Waals surface area contributed by atoms with Crippen molar-refractivity contribution in [3.05, 3.63) is 58.7 Å². The van der Waals surface area contributed by atoms with Gasteiger partial charge in [-0.05, 0) is 61.7 Å². The lowest BCUT2D eigenvalue weighted by atomic mass is 10.1. The molecule has 0 saturated heterocycles. The molecule has 102 valence electrons. The highest BCUT2D eigenvalue weighted by Crippen LogP contribution is 2.29. The largest absolute Gasteiger partial charge is 0.485 e. The van der Waals surface area contributed by atoms with Crippen molar-refractivity contribution < 1.29 is 4.74 Å². The highest BCUT2D eigenvalue weighted by Gasteiger charge is 2.12. The SMILES string of the molecule is Cc1cc(C#N)cc(C)c1OC(C)c1cccc(N)c1. The van der Waals surface area contributed by atoms with Crippen LogP contribution in [0.5, 0.6) is 5.75 Å². The fourth-order valence-electron chi connectivity index (χ4n) is 2.26. The second-order valence-electron chi connectivity index (χ2n) is 4.98. The smallest absolute Gasteiger partial charge is 0.126 e. The third kappa shape index (κ3) is 2.92. The van der Waals surface area contributed by atoms with Gasteiger partial charge in [0.15, 0.2) is 0 Å². The zero-order valence-electron chi connectivity index (χ0n) is 12.0. The summed E-state index contributed by atoms with van der Waals surface area (Å²) in [4.78, 5) is 0. The van der Waals surface area contributed by atoms with Gasteiger partial charge in [0, 0.05) is 5.69 Å². The Kier molecular flexibility index (Phi) is 3.95. The maximum Gasteiger partial charge on any atom is 0.126 e. The number of nitriles is 1. The molecule has 0 bridgehead atoms. The van der Waals surface area contributed by atoms with Crippen LogP contribution in [0.15, 0.2) is 36.4 Å². The maximum absolute atomic E-state index is 8.96. The Balaban J connectivity index is 2.29. The summed E-state index contributed by atoms with van der Waals surface area (Å²) in [5.74, 6) is 0.832. The molecule has 3 heteroatoms. The molecule has 0 aromatic heterocycles. The molecule has 20 heavy (non-hydrogen) atoms. The zero-order chi connectivity index (χ0) is 14.7. The van der Waals surface area contributed by atoms with Crippen LogP contribution in [0.3, 0.4) is 0 Å². The molecule has 0 fully saturated rings. The molecule has 1 unspecified atom stereocenters. The number of anilines is 1. The lowest BCUT2D eigenvalue weighted by molar-refractivity contribution is 0.224. The van der Waals surface area contributed by atoms with E-state index < -0.39 is 0 Å². The minimum Gasteiger partial charge on any atom is -0.485 e. The normalized spacial score (nSPS) is 11.7. The van der Waals surface area contributed by atoms with Gasteiger partial charge in [0.25, 0.3) is 0 Å². The number of nitrogen functional groups attached to an aromatic ring is 1. The predicted octanol–water partition coefficient (Wildman–Crippen LogP) is 3.90. The third-order valence-corrected chi connectivity index (χ3v) is 3.26. The molecule has 2 aromatic carbocycles. The molecule has 0 aliphatic carbocycles. The molecule has 0 aliphatic rings. The summed E-state index contributed by atoms with van der Waals surface area (Å²) in [6, 6.07) is 13.5. The zero-order valence-corrected chi connectivity index (χ0v) is 12.0. The number of benzene rings is 2. The van der Waals surface area contributed by atoms with E-state index >= 15 is 0 Å². The summed E-state index contributed by atoms with van der Waals surface area (Å²) in [5.41, 5.74) is 10.2. The van der Waals surface area contributed by atoms with Gasteiger partial charge >= 0.3 is 0 Å². The van der Waals surface area contributed by atoms with Crippen molar-refractivity contribution >= 4 is 5.69 Å². The quantitative estimate of drug-likeness (QED) is 0.857. The Bertz CT molecular complexity index is 648. The first kappa shape index (κ1) is 14.0. The first-order chi connectivity index (χ1) is 9.51. The number of hydrogen-bond donors (Lipinski definition) is 1. The summed E-state index contributed by atoms with van der Waals surface area (Å²) in [6.07, 6.45) is -0.0937. The molecular weight excluding hydrogens is 248 g/mol. The van der Waals surface area contributed by atoms with Crippen molar-refractivity contribution in [1.29, 1.82) is 5.26 Å². The van der Waals surface area contributed by atoms with Gasteiger partial charge in [-0.3, -0.25) is 0 Å². The average molecular weight is 266 g/mol. The van der Waals surface area contributed by atoms with Gasteiger partial charge in [-0.25, -0.2) is 0 Å². The van der Waals surface area contributed by atoms with Crippen molar-refractivity contribution in [2.24, 2.45) is 0 Å². The number of rotatable bonds is 3. The molecule has 2 N–H and O–H groups in total. The van der Waals surface area contributed by atoms with E-state index in [1.165, 1.54) is 0 Å². The monoisotopic (exact) mass is 266 g/mol. The fraction of sp³-hybridized carbons (Fsp3) is 0.235. The van der Waals surface area contributed by atoms with Gasteiger partial charge in [-0.2, -0.15) is 5.26 Å². The first-order valence-corrected chi connectivity index (χ1v) is 6.54. The van der Waals surface area contributed by atoms with Crippen LogP contribution in [0.1, 0.15) is 35.3 Å². The lowest BCUT2D eigenvalue weighted by Crippen LogP contribution is -2.06. The lowest BCUT2D eigenvalue weighted by Gasteiger charge is -2.19. The van der Waals surface area contributed by atoms with Crippen LogP contribution in [0.25, 0.3) is 0 Å². The molecule has 0 radical (unpaired) electrons. The van der Waals surface area contributed by atoms with E-state index in [9.17, 15) is 0 Å². The Morgan fingerprint density at radius 1 is 1.15 bits per heavy atom. The van der Waals surface area contributed by atoms with E-state index in [1.54, 1.807) is 0 Å². The highest BCUT2D eigenvalue weighted by atomic mass is 16.5. The summed E-state index contributed by atoms with van der Waals surface area (Å²) in [5, 5.41) is 8.96. The van der Waals surface area contributed by atoms with Gasteiger partial charge in [-0.15, -0.1) is 0 Å². The molecule has 0 saturated carbocycles. The van der Waals surface area contributed by atoms with E-state index in [0.717, 1.165) is 28.1 Å². The Hall–Kier alpha value is -2.47. The first-order valence-electron chi connectivity index (χ1n) is 6.54. The molecule has 3 nitrogen and oxygen atoms in total. The van der Waals surface area contributed by atoms with E-state index in [1.807, 2.05) is 57.2 Å². The second kappa shape index (κ2) is 5.66. The predicted molar refractivity (Wildman–Crippen MR) is 80.5 cm³/mol. The molecule has 0 spiro atoms. The van der Waals surface area contributed by atoms with Crippen molar-refractivity contribution in [1.82, 2.24) is 0 Å². The number of hydrogen-bond acceptors (Lipinski definition) is 3. The van der Waals surface area contributed by atoms with Crippen molar-refractivity contribution in [2.45, 2.75) is 26.9 Å². The summed E-state index contributed by atoms with van der Waals surface area (Å²) in [7, 11) is 0. The van der Waals surface area contributed by atoms with Crippen LogP contribution in [0.4, 0.5) is 5.69 Å². The highest BCUT2D eigenvalue weighted by molar-refractivity contribution is 5.48. The maximum atomic E-state index is 8.96. The number of nitrogens with zero attached hydrogens (tertiary/aromatic N) is 1. The molecule has 2 aromatic rings. The van der Waals surface area contributed by atoms with E-state index in [2.05, 4.69) is 6.07 Å². The standard InChI is InChI=1S/C17H18N2O/c1-11-7-14(10-18)8-12(2)17(11)20-13(3)15-5-4-6-16(19)9-15/h4-9,13H,19H2,1-3H3. The molecule has 0 aliphatic heterocycles. The Morgan fingerprint density at radius 2 is 1.80 bits per heavy atom. The van der Waals surface area contributed by atoms with Crippen molar-refractivity contribution in [3.8, 4) is 11.8 Å². The van der Waals surface area contributed by atoms with Crippen molar-refractivity contribution in [2.75, 3.05) is 5.73 Å². The molecule has 0 heterocycles. The Labute approximate surface area is 119 Å². The molecular formula is C17H18N2O.